The molecule has 1 aromatic rings. The molecule has 0 aliphatic heterocycles. The molecule has 1 atom stereocenters. The van der Waals surface area contributed by atoms with Gasteiger partial charge in [0.1, 0.15) is 17.7 Å². The predicted molar refractivity (Wildman–Crippen MR) is 98.4 cm³/mol. The highest BCUT2D eigenvalue weighted by atomic mass is 127. The molecule has 1 aliphatic rings. The standard InChI is InChI=1S/C16H24FN3O.HI/c1-12(21-15-9-5-6-13(17)10-15)11-19-16(18)20-14-7-3-2-4-8-14;/h5-6,9-10,12,14H,2-4,7-8,11H2,1H3,(H3,18,19,20);1H. The second-order valence-corrected chi connectivity index (χ2v) is 5.59. The number of guanidine groups is 1. The lowest BCUT2D eigenvalue weighted by atomic mass is 9.96. The van der Waals surface area contributed by atoms with Gasteiger partial charge in [0.2, 0.25) is 0 Å². The topological polar surface area (TPSA) is 59.6 Å². The van der Waals surface area contributed by atoms with Crippen molar-refractivity contribution >= 4 is 29.9 Å². The number of ether oxygens (including phenoxy) is 1. The summed E-state index contributed by atoms with van der Waals surface area (Å²) in [5, 5.41) is 3.26. The third-order valence-corrected chi connectivity index (χ3v) is 3.61. The molecule has 0 bridgehead atoms. The fraction of sp³-hybridized carbons (Fsp3) is 0.562. The number of aliphatic imine (C=N–C) groups is 1. The van der Waals surface area contributed by atoms with Crippen LogP contribution < -0.4 is 15.8 Å². The Bertz CT molecular complexity index is 478. The van der Waals surface area contributed by atoms with Crippen LogP contribution in [0.2, 0.25) is 0 Å². The zero-order valence-corrected chi connectivity index (χ0v) is 15.3. The van der Waals surface area contributed by atoms with E-state index in [1.807, 2.05) is 6.92 Å². The van der Waals surface area contributed by atoms with E-state index in [0.29, 0.717) is 24.3 Å². The Kier molecular flexibility index (Phi) is 8.52. The highest BCUT2D eigenvalue weighted by molar-refractivity contribution is 14.0. The molecule has 124 valence electrons. The number of hydrogen-bond donors (Lipinski definition) is 2. The zero-order valence-electron chi connectivity index (χ0n) is 12.9. The van der Waals surface area contributed by atoms with Gasteiger partial charge >= 0.3 is 0 Å². The fourth-order valence-electron chi connectivity index (χ4n) is 2.54. The van der Waals surface area contributed by atoms with Gasteiger partial charge in [-0.25, -0.2) is 9.38 Å². The summed E-state index contributed by atoms with van der Waals surface area (Å²) in [6.07, 6.45) is 5.98. The van der Waals surface area contributed by atoms with Crippen molar-refractivity contribution in [2.24, 2.45) is 10.7 Å². The summed E-state index contributed by atoms with van der Waals surface area (Å²) in [5.74, 6) is 0.676. The number of hydrogen-bond acceptors (Lipinski definition) is 2. The van der Waals surface area contributed by atoms with E-state index in [2.05, 4.69) is 10.3 Å². The van der Waals surface area contributed by atoms with E-state index >= 15 is 0 Å². The van der Waals surface area contributed by atoms with Crippen LogP contribution in [0.15, 0.2) is 29.3 Å². The van der Waals surface area contributed by atoms with Crippen LogP contribution in [0.3, 0.4) is 0 Å². The van der Waals surface area contributed by atoms with Gasteiger partial charge in [-0.3, -0.25) is 0 Å². The third-order valence-electron chi connectivity index (χ3n) is 3.61. The van der Waals surface area contributed by atoms with Gasteiger partial charge in [-0.1, -0.05) is 25.3 Å². The second-order valence-electron chi connectivity index (χ2n) is 5.59. The van der Waals surface area contributed by atoms with Crippen molar-refractivity contribution in [2.75, 3.05) is 6.54 Å². The molecule has 0 amide bonds. The molecular formula is C16H25FIN3O. The minimum absolute atomic E-state index is 0. The molecule has 22 heavy (non-hydrogen) atoms. The number of nitrogens with one attached hydrogen (secondary N) is 1. The second kappa shape index (κ2) is 9.86. The van der Waals surface area contributed by atoms with E-state index in [-0.39, 0.29) is 35.9 Å². The Labute approximate surface area is 148 Å². The predicted octanol–water partition coefficient (Wildman–Crippen LogP) is 3.45. The Morgan fingerprint density at radius 3 is 2.82 bits per heavy atom. The molecule has 2 rings (SSSR count). The summed E-state index contributed by atoms with van der Waals surface area (Å²) >= 11 is 0. The first kappa shape index (κ1) is 19.0. The first-order valence-corrected chi connectivity index (χ1v) is 7.62. The van der Waals surface area contributed by atoms with Crippen LogP contribution in [-0.2, 0) is 0 Å². The molecule has 0 spiro atoms. The van der Waals surface area contributed by atoms with Gasteiger partial charge < -0.3 is 15.8 Å². The summed E-state index contributed by atoms with van der Waals surface area (Å²) in [6.45, 7) is 2.34. The first-order valence-electron chi connectivity index (χ1n) is 7.62. The Hall–Kier alpha value is -1.05. The molecule has 1 aromatic carbocycles. The largest absolute Gasteiger partial charge is 0.489 e. The van der Waals surface area contributed by atoms with E-state index in [4.69, 9.17) is 10.5 Å². The maximum Gasteiger partial charge on any atom is 0.188 e. The van der Waals surface area contributed by atoms with Crippen LogP contribution in [0, 0.1) is 5.82 Å². The van der Waals surface area contributed by atoms with E-state index in [9.17, 15) is 4.39 Å². The fourth-order valence-corrected chi connectivity index (χ4v) is 2.54. The molecular weight excluding hydrogens is 396 g/mol. The average Bonchev–Trinajstić information content (AvgIpc) is 2.46. The van der Waals surface area contributed by atoms with Gasteiger partial charge in [-0.2, -0.15) is 0 Å². The van der Waals surface area contributed by atoms with E-state index in [0.717, 1.165) is 12.8 Å². The Balaban J connectivity index is 0.00000242. The molecule has 4 nitrogen and oxygen atoms in total. The number of nitrogens with two attached hydrogens (primary N) is 1. The molecule has 1 aliphatic carbocycles. The van der Waals surface area contributed by atoms with Crippen LogP contribution >= 0.6 is 24.0 Å². The molecule has 0 heterocycles. The van der Waals surface area contributed by atoms with E-state index in [1.165, 1.54) is 31.4 Å². The molecule has 0 radical (unpaired) electrons. The minimum atomic E-state index is -0.304. The van der Waals surface area contributed by atoms with Gasteiger partial charge in [0.15, 0.2) is 5.96 Å². The molecule has 0 aromatic heterocycles. The molecule has 0 saturated heterocycles. The molecule has 1 unspecified atom stereocenters. The zero-order chi connectivity index (χ0) is 15.1. The van der Waals surface area contributed by atoms with Gasteiger partial charge in [0, 0.05) is 12.1 Å². The smallest absolute Gasteiger partial charge is 0.188 e. The Morgan fingerprint density at radius 2 is 2.14 bits per heavy atom. The van der Waals surface area contributed by atoms with Crippen molar-refractivity contribution in [3.63, 3.8) is 0 Å². The van der Waals surface area contributed by atoms with E-state index < -0.39 is 0 Å². The molecule has 3 N–H and O–H groups in total. The maximum absolute atomic E-state index is 13.1. The number of halogens is 2. The third kappa shape index (κ3) is 6.81. The summed E-state index contributed by atoms with van der Waals surface area (Å²) < 4.78 is 18.7. The maximum atomic E-state index is 13.1. The lowest BCUT2D eigenvalue weighted by Crippen LogP contribution is -2.41. The van der Waals surface area contributed by atoms with Crippen molar-refractivity contribution in [3.8, 4) is 5.75 Å². The number of nitrogens with zero attached hydrogens (tertiary/aromatic N) is 1. The lowest BCUT2D eigenvalue weighted by Gasteiger charge is -2.23. The summed E-state index contributed by atoms with van der Waals surface area (Å²) in [4.78, 5) is 4.30. The van der Waals surface area contributed by atoms with Gasteiger partial charge in [0.25, 0.3) is 0 Å². The summed E-state index contributed by atoms with van der Waals surface area (Å²) in [5.41, 5.74) is 5.89. The highest BCUT2D eigenvalue weighted by Crippen LogP contribution is 2.17. The molecule has 1 fully saturated rings. The lowest BCUT2D eigenvalue weighted by molar-refractivity contribution is 0.229. The van der Waals surface area contributed by atoms with Crippen LogP contribution in [0.1, 0.15) is 39.0 Å². The van der Waals surface area contributed by atoms with Crippen LogP contribution in [0.4, 0.5) is 4.39 Å². The van der Waals surface area contributed by atoms with Crippen molar-refractivity contribution in [2.45, 2.75) is 51.2 Å². The average molecular weight is 421 g/mol. The van der Waals surface area contributed by atoms with Crippen molar-refractivity contribution in [1.82, 2.24) is 5.32 Å². The molecule has 6 heteroatoms. The summed E-state index contributed by atoms with van der Waals surface area (Å²) in [6, 6.07) is 6.56. The van der Waals surface area contributed by atoms with Crippen molar-refractivity contribution in [3.05, 3.63) is 30.1 Å². The first-order chi connectivity index (χ1) is 10.1. The minimum Gasteiger partial charge on any atom is -0.489 e. The monoisotopic (exact) mass is 421 g/mol. The Morgan fingerprint density at radius 1 is 1.41 bits per heavy atom. The number of rotatable bonds is 5. The van der Waals surface area contributed by atoms with Crippen LogP contribution in [-0.4, -0.2) is 24.7 Å². The van der Waals surface area contributed by atoms with Crippen LogP contribution in [0.25, 0.3) is 0 Å². The van der Waals surface area contributed by atoms with E-state index in [1.54, 1.807) is 12.1 Å². The quantitative estimate of drug-likeness (QED) is 0.435. The van der Waals surface area contributed by atoms with Gasteiger partial charge in [-0.15, -0.1) is 24.0 Å². The van der Waals surface area contributed by atoms with Gasteiger partial charge in [-0.05, 0) is 31.9 Å². The van der Waals surface area contributed by atoms with Crippen LogP contribution in [0.5, 0.6) is 5.75 Å². The molecule has 1 saturated carbocycles. The van der Waals surface area contributed by atoms with Gasteiger partial charge in [0.05, 0.1) is 6.54 Å². The number of benzene rings is 1. The summed E-state index contributed by atoms with van der Waals surface area (Å²) in [7, 11) is 0. The SMILES string of the molecule is CC(CN=C(N)NC1CCCCC1)Oc1cccc(F)c1.I. The van der Waals surface area contributed by atoms with Crippen molar-refractivity contribution < 1.29 is 9.13 Å². The van der Waals surface area contributed by atoms with Crippen molar-refractivity contribution in [1.29, 1.82) is 0 Å². The normalized spacial score (nSPS) is 17.5. The highest BCUT2D eigenvalue weighted by Gasteiger charge is 2.13.